The van der Waals surface area contributed by atoms with Gasteiger partial charge in [0.1, 0.15) is 0 Å². The third-order valence-corrected chi connectivity index (χ3v) is 5.35. The summed E-state index contributed by atoms with van der Waals surface area (Å²) in [4.78, 5) is 17.3. The van der Waals surface area contributed by atoms with Crippen LogP contribution in [0.1, 0.15) is 21.7 Å². The summed E-state index contributed by atoms with van der Waals surface area (Å²) in [6.07, 6.45) is 2.29. The Morgan fingerprint density at radius 2 is 1.79 bits per heavy atom. The first-order valence-electron chi connectivity index (χ1n) is 10.3. The van der Waals surface area contributed by atoms with Crippen molar-refractivity contribution in [3.05, 3.63) is 114 Å². The molecule has 0 saturated carbocycles. The van der Waals surface area contributed by atoms with E-state index in [-0.39, 0.29) is 11.3 Å². The molecule has 0 aliphatic rings. The zero-order valence-corrected chi connectivity index (χ0v) is 17.3. The van der Waals surface area contributed by atoms with Gasteiger partial charge in [-0.15, -0.1) is 0 Å². The zero-order valence-electron chi connectivity index (χ0n) is 17.3. The molecule has 0 atom stereocenters. The van der Waals surface area contributed by atoms with E-state index in [9.17, 15) is 13.6 Å². The van der Waals surface area contributed by atoms with Gasteiger partial charge in [-0.25, -0.2) is 8.78 Å². The van der Waals surface area contributed by atoms with Crippen LogP contribution in [-0.4, -0.2) is 21.1 Å². The molecule has 2 aromatic heterocycles. The van der Waals surface area contributed by atoms with Crippen molar-refractivity contribution < 1.29 is 13.6 Å². The Hall–Kier alpha value is -4.39. The molecule has 0 bridgehead atoms. The van der Waals surface area contributed by atoms with Crippen LogP contribution in [0.2, 0.25) is 0 Å². The standard InChI is InChI=1S/C26H18F2N4O/c27-22-8-4-7-20(24(22)28)17-9-12-23-21(14-17)25(32-31-23)26(33)30-19-11-10-18(29-15-19)13-16-5-2-1-3-6-16/h1-12,14-15H,13H2,(H,30,33)(H,31,32). The Morgan fingerprint density at radius 1 is 0.939 bits per heavy atom. The molecule has 1 amide bonds. The van der Waals surface area contributed by atoms with E-state index in [1.807, 2.05) is 36.4 Å². The van der Waals surface area contributed by atoms with Gasteiger partial charge >= 0.3 is 0 Å². The number of rotatable bonds is 5. The van der Waals surface area contributed by atoms with Crippen LogP contribution >= 0.6 is 0 Å². The lowest BCUT2D eigenvalue weighted by Gasteiger charge is -2.07. The van der Waals surface area contributed by atoms with Crippen molar-refractivity contribution in [2.75, 3.05) is 5.32 Å². The fourth-order valence-electron chi connectivity index (χ4n) is 3.68. The maximum absolute atomic E-state index is 14.2. The van der Waals surface area contributed by atoms with Gasteiger partial charge in [-0.2, -0.15) is 5.10 Å². The number of carbonyl (C=O) groups is 1. The van der Waals surface area contributed by atoms with E-state index in [0.717, 1.165) is 17.3 Å². The minimum absolute atomic E-state index is 0.114. The highest BCUT2D eigenvalue weighted by atomic mass is 19.2. The van der Waals surface area contributed by atoms with Crippen molar-refractivity contribution in [1.29, 1.82) is 0 Å². The van der Waals surface area contributed by atoms with Crippen LogP contribution in [-0.2, 0) is 6.42 Å². The summed E-state index contributed by atoms with van der Waals surface area (Å²) >= 11 is 0. The highest BCUT2D eigenvalue weighted by Crippen LogP contribution is 2.28. The van der Waals surface area contributed by atoms with Gasteiger partial charge in [-0.3, -0.25) is 14.9 Å². The van der Waals surface area contributed by atoms with Crippen LogP contribution in [0.15, 0.2) is 85.1 Å². The average molecular weight is 440 g/mol. The fourth-order valence-corrected chi connectivity index (χ4v) is 3.68. The van der Waals surface area contributed by atoms with E-state index >= 15 is 0 Å². The quantitative estimate of drug-likeness (QED) is 0.366. The molecule has 162 valence electrons. The lowest BCUT2D eigenvalue weighted by atomic mass is 10.0. The van der Waals surface area contributed by atoms with Crippen molar-refractivity contribution >= 4 is 22.5 Å². The molecule has 0 spiro atoms. The number of amides is 1. The molecular weight excluding hydrogens is 422 g/mol. The second-order valence-electron chi connectivity index (χ2n) is 7.59. The van der Waals surface area contributed by atoms with Crippen LogP contribution in [0.3, 0.4) is 0 Å². The number of halogens is 2. The summed E-state index contributed by atoms with van der Waals surface area (Å²) in [6, 6.07) is 22.6. The molecule has 0 aliphatic carbocycles. The van der Waals surface area contributed by atoms with E-state index in [0.29, 0.717) is 28.6 Å². The van der Waals surface area contributed by atoms with Crippen LogP contribution in [0, 0.1) is 11.6 Å². The lowest BCUT2D eigenvalue weighted by Crippen LogP contribution is -2.13. The summed E-state index contributed by atoms with van der Waals surface area (Å²) in [5.74, 6) is -2.30. The first kappa shape index (κ1) is 20.5. The van der Waals surface area contributed by atoms with Crippen LogP contribution < -0.4 is 5.32 Å². The van der Waals surface area contributed by atoms with Crippen molar-refractivity contribution in [2.45, 2.75) is 6.42 Å². The largest absolute Gasteiger partial charge is 0.319 e. The number of carbonyl (C=O) groups excluding carboxylic acids is 1. The molecule has 3 aromatic carbocycles. The van der Waals surface area contributed by atoms with Gasteiger partial charge in [0.05, 0.1) is 17.4 Å². The molecule has 0 aliphatic heterocycles. The second-order valence-corrected chi connectivity index (χ2v) is 7.59. The number of fused-ring (bicyclic) bond motifs is 1. The second kappa shape index (κ2) is 8.63. The third-order valence-electron chi connectivity index (χ3n) is 5.35. The van der Waals surface area contributed by atoms with Gasteiger partial charge in [0.25, 0.3) is 5.91 Å². The van der Waals surface area contributed by atoms with E-state index in [4.69, 9.17) is 0 Å². The molecule has 2 N–H and O–H groups in total. The number of anilines is 1. The molecule has 0 saturated heterocycles. The predicted molar refractivity (Wildman–Crippen MR) is 123 cm³/mol. The minimum Gasteiger partial charge on any atom is -0.319 e. The summed E-state index contributed by atoms with van der Waals surface area (Å²) < 4.78 is 27.9. The summed E-state index contributed by atoms with van der Waals surface area (Å²) in [5, 5.41) is 10.2. The molecular formula is C26H18F2N4O. The van der Waals surface area contributed by atoms with Crippen molar-refractivity contribution in [3.8, 4) is 11.1 Å². The molecule has 0 radical (unpaired) electrons. The number of hydrogen-bond donors (Lipinski definition) is 2. The first-order valence-corrected chi connectivity index (χ1v) is 10.3. The summed E-state index contributed by atoms with van der Waals surface area (Å²) in [5.41, 5.74) is 3.88. The van der Waals surface area contributed by atoms with Gasteiger partial charge in [0.15, 0.2) is 17.3 Å². The van der Waals surface area contributed by atoms with Crippen LogP contribution in [0.5, 0.6) is 0 Å². The number of H-pyrrole nitrogens is 1. The van der Waals surface area contributed by atoms with Gasteiger partial charge in [-0.05, 0) is 41.5 Å². The highest BCUT2D eigenvalue weighted by Gasteiger charge is 2.17. The van der Waals surface area contributed by atoms with Gasteiger partial charge in [0, 0.05) is 23.1 Å². The van der Waals surface area contributed by atoms with Gasteiger partial charge in [-0.1, -0.05) is 48.5 Å². The molecule has 0 fully saturated rings. The molecule has 5 rings (SSSR count). The number of hydrogen-bond acceptors (Lipinski definition) is 3. The lowest BCUT2D eigenvalue weighted by molar-refractivity contribution is 0.102. The number of nitrogens with zero attached hydrogens (tertiary/aromatic N) is 2. The number of aromatic nitrogens is 3. The molecule has 33 heavy (non-hydrogen) atoms. The number of nitrogens with one attached hydrogen (secondary N) is 2. The Kier molecular flexibility index (Phi) is 5.36. The summed E-state index contributed by atoms with van der Waals surface area (Å²) in [6.45, 7) is 0. The van der Waals surface area contributed by atoms with Gasteiger partial charge in [0.2, 0.25) is 0 Å². The molecule has 2 heterocycles. The van der Waals surface area contributed by atoms with Crippen LogP contribution in [0.25, 0.3) is 22.0 Å². The monoisotopic (exact) mass is 440 g/mol. The van der Waals surface area contributed by atoms with E-state index in [1.54, 1.807) is 30.5 Å². The summed E-state index contributed by atoms with van der Waals surface area (Å²) in [7, 11) is 0. The number of benzene rings is 3. The van der Waals surface area contributed by atoms with Crippen molar-refractivity contribution in [3.63, 3.8) is 0 Å². The topological polar surface area (TPSA) is 70.7 Å². The average Bonchev–Trinajstić information content (AvgIpc) is 3.26. The predicted octanol–water partition coefficient (Wildman–Crippen LogP) is 5.75. The zero-order chi connectivity index (χ0) is 22.8. The minimum atomic E-state index is -0.937. The van der Waals surface area contributed by atoms with E-state index < -0.39 is 17.5 Å². The Labute approximate surface area is 188 Å². The highest BCUT2D eigenvalue weighted by molar-refractivity contribution is 6.11. The SMILES string of the molecule is O=C(Nc1ccc(Cc2ccccc2)nc1)c1n[nH]c2ccc(-c3cccc(F)c3F)cc12. The molecule has 7 heteroatoms. The molecule has 5 aromatic rings. The molecule has 5 nitrogen and oxygen atoms in total. The van der Waals surface area contributed by atoms with Crippen molar-refractivity contribution in [2.24, 2.45) is 0 Å². The van der Waals surface area contributed by atoms with Crippen molar-refractivity contribution in [1.82, 2.24) is 15.2 Å². The first-order chi connectivity index (χ1) is 16.1. The third kappa shape index (κ3) is 4.21. The maximum Gasteiger partial charge on any atom is 0.276 e. The smallest absolute Gasteiger partial charge is 0.276 e. The van der Waals surface area contributed by atoms with Gasteiger partial charge < -0.3 is 5.32 Å². The van der Waals surface area contributed by atoms with E-state index in [1.165, 1.54) is 12.1 Å². The Morgan fingerprint density at radius 3 is 2.58 bits per heavy atom. The number of aromatic amines is 1. The maximum atomic E-state index is 14.2. The fraction of sp³-hybridized carbons (Fsp3) is 0.0385. The Bertz CT molecular complexity index is 1450. The normalized spacial score (nSPS) is 11.0. The Balaban J connectivity index is 1.38. The van der Waals surface area contributed by atoms with Crippen LogP contribution in [0.4, 0.5) is 14.5 Å². The van der Waals surface area contributed by atoms with E-state index in [2.05, 4.69) is 20.5 Å². The molecule has 0 unspecified atom stereocenters. The number of pyridine rings is 1.